The van der Waals surface area contributed by atoms with Gasteiger partial charge in [0.15, 0.2) is 11.5 Å². The van der Waals surface area contributed by atoms with Crippen LogP contribution in [0, 0.1) is 0 Å². The van der Waals surface area contributed by atoms with Crippen molar-refractivity contribution in [2.45, 2.75) is 6.10 Å². The number of rotatable bonds is 3. The van der Waals surface area contributed by atoms with Gasteiger partial charge in [0.05, 0.1) is 17.7 Å². The molecule has 1 atom stereocenters. The lowest BCUT2D eigenvalue weighted by molar-refractivity contribution is -0.137. The molecule has 1 aromatic rings. The minimum absolute atomic E-state index is 0.0759. The van der Waals surface area contributed by atoms with Crippen LogP contribution < -0.4 is 9.47 Å². The van der Waals surface area contributed by atoms with Gasteiger partial charge in [0.25, 0.3) is 0 Å². The maximum Gasteiger partial charge on any atom is 0.336 e. The van der Waals surface area contributed by atoms with Gasteiger partial charge in [-0.3, -0.25) is 0 Å². The third kappa shape index (κ3) is 2.14. The van der Waals surface area contributed by atoms with Crippen molar-refractivity contribution >= 4 is 17.6 Å². The van der Waals surface area contributed by atoms with E-state index in [0.29, 0.717) is 22.1 Å². The second-order valence-corrected chi connectivity index (χ2v) is 4.06. The highest BCUT2D eigenvalue weighted by Gasteiger charge is 2.24. The molecule has 5 nitrogen and oxygen atoms in total. The lowest BCUT2D eigenvalue weighted by Crippen LogP contribution is -2.12. The van der Waals surface area contributed by atoms with Crippen LogP contribution in [0.4, 0.5) is 0 Å². The Balaban J connectivity index is 2.32. The van der Waals surface area contributed by atoms with Crippen molar-refractivity contribution in [3.63, 3.8) is 0 Å². The molecule has 1 aliphatic rings. The fourth-order valence-electron chi connectivity index (χ4n) is 1.59. The number of aliphatic hydroxyl groups excluding tert-OH is 1. The highest BCUT2D eigenvalue weighted by Crippen LogP contribution is 2.41. The molecule has 1 heterocycles. The van der Waals surface area contributed by atoms with Crippen LogP contribution in [0.5, 0.6) is 11.5 Å². The predicted molar refractivity (Wildman–Crippen MR) is 63.7 cm³/mol. The fraction of sp³-hybridized carbons (Fsp3) is 0.250. The summed E-state index contributed by atoms with van der Waals surface area (Å²) in [4.78, 5) is 11.3. The van der Waals surface area contributed by atoms with Crippen LogP contribution in [0.15, 0.2) is 24.3 Å². The van der Waals surface area contributed by atoms with Gasteiger partial charge in [0.1, 0.15) is 6.10 Å². The van der Waals surface area contributed by atoms with Crippen LogP contribution in [0.1, 0.15) is 11.7 Å². The summed E-state index contributed by atoms with van der Waals surface area (Å²) in [6.07, 6.45) is -1.20. The first-order valence-corrected chi connectivity index (χ1v) is 5.46. The molecule has 0 spiro atoms. The Morgan fingerprint density at radius 2 is 2.28 bits per heavy atom. The Morgan fingerprint density at radius 3 is 2.94 bits per heavy atom. The van der Waals surface area contributed by atoms with Crippen molar-refractivity contribution in [2.24, 2.45) is 0 Å². The number of aliphatic hydroxyl groups is 1. The lowest BCUT2D eigenvalue weighted by Gasteiger charge is -2.13. The van der Waals surface area contributed by atoms with E-state index >= 15 is 0 Å². The zero-order valence-corrected chi connectivity index (χ0v) is 10.4. The normalized spacial score (nSPS) is 14.2. The molecular formula is C12H11ClO5. The number of hydrogen-bond donors (Lipinski definition) is 1. The summed E-state index contributed by atoms with van der Waals surface area (Å²) in [6, 6.07) is 3.04. The van der Waals surface area contributed by atoms with Crippen molar-refractivity contribution < 1.29 is 24.1 Å². The predicted octanol–water partition coefficient (Wildman–Crippen LogP) is 1.83. The Bertz CT molecular complexity index is 511. The number of carbonyl (C=O) groups is 1. The molecule has 0 aliphatic carbocycles. The van der Waals surface area contributed by atoms with E-state index in [1.54, 1.807) is 6.07 Å². The molecule has 0 fully saturated rings. The van der Waals surface area contributed by atoms with E-state index < -0.39 is 12.1 Å². The number of ether oxygens (including phenoxy) is 3. The molecule has 1 unspecified atom stereocenters. The average molecular weight is 271 g/mol. The van der Waals surface area contributed by atoms with Crippen molar-refractivity contribution in [1.29, 1.82) is 0 Å². The van der Waals surface area contributed by atoms with Crippen LogP contribution in [0.3, 0.4) is 0 Å². The van der Waals surface area contributed by atoms with Gasteiger partial charge in [0, 0.05) is 0 Å². The SMILES string of the molecule is C=C(C(=O)OC)C(O)c1cc(Cl)c2c(c1)OCO2. The quantitative estimate of drug-likeness (QED) is 0.670. The van der Waals surface area contributed by atoms with Gasteiger partial charge in [-0.05, 0) is 17.7 Å². The molecule has 18 heavy (non-hydrogen) atoms. The maximum atomic E-state index is 11.3. The standard InChI is InChI=1S/C12H11ClO5/c1-6(12(15)16-2)10(14)7-3-8(13)11-9(4-7)17-5-18-11/h3-4,10,14H,1,5H2,2H3. The molecule has 0 radical (unpaired) electrons. The summed E-state index contributed by atoms with van der Waals surface area (Å²) in [5.74, 6) is 0.168. The summed E-state index contributed by atoms with van der Waals surface area (Å²) >= 11 is 5.98. The zero-order valence-electron chi connectivity index (χ0n) is 9.60. The molecule has 0 saturated heterocycles. The van der Waals surface area contributed by atoms with Gasteiger partial charge in [-0.15, -0.1) is 0 Å². The largest absolute Gasteiger partial charge is 0.466 e. The number of benzene rings is 1. The number of carbonyl (C=O) groups excluding carboxylic acids is 1. The molecular weight excluding hydrogens is 260 g/mol. The van der Waals surface area contributed by atoms with Crippen LogP contribution in [0.2, 0.25) is 5.02 Å². The van der Waals surface area contributed by atoms with Gasteiger partial charge >= 0.3 is 5.97 Å². The lowest BCUT2D eigenvalue weighted by atomic mass is 10.0. The summed E-state index contributed by atoms with van der Waals surface area (Å²) in [5, 5.41) is 10.3. The molecule has 0 aromatic heterocycles. The number of halogens is 1. The summed E-state index contributed by atoms with van der Waals surface area (Å²) in [6.45, 7) is 3.56. The van der Waals surface area contributed by atoms with Crippen LogP contribution in [-0.2, 0) is 9.53 Å². The number of esters is 1. The monoisotopic (exact) mass is 270 g/mol. The topological polar surface area (TPSA) is 65.0 Å². The van der Waals surface area contributed by atoms with Crippen molar-refractivity contribution in [3.8, 4) is 11.5 Å². The molecule has 1 aromatic carbocycles. The first kappa shape index (κ1) is 12.7. The molecule has 1 aliphatic heterocycles. The van der Waals surface area contributed by atoms with E-state index in [1.165, 1.54) is 13.2 Å². The number of methoxy groups -OCH3 is 1. The first-order chi connectivity index (χ1) is 8.54. The fourth-order valence-corrected chi connectivity index (χ4v) is 1.86. The molecule has 1 N–H and O–H groups in total. The Morgan fingerprint density at radius 1 is 1.56 bits per heavy atom. The van der Waals surface area contributed by atoms with E-state index in [-0.39, 0.29) is 12.4 Å². The van der Waals surface area contributed by atoms with Gasteiger partial charge in [-0.25, -0.2) is 4.79 Å². The van der Waals surface area contributed by atoms with E-state index in [9.17, 15) is 9.90 Å². The van der Waals surface area contributed by atoms with E-state index in [2.05, 4.69) is 11.3 Å². The third-order valence-electron chi connectivity index (χ3n) is 2.54. The Hall–Kier alpha value is -1.72. The second kappa shape index (κ2) is 4.88. The first-order valence-electron chi connectivity index (χ1n) is 5.08. The Kier molecular flexibility index (Phi) is 3.45. The van der Waals surface area contributed by atoms with Crippen molar-refractivity contribution in [1.82, 2.24) is 0 Å². The summed E-state index contributed by atoms with van der Waals surface area (Å²) in [7, 11) is 1.22. The minimum Gasteiger partial charge on any atom is -0.466 e. The van der Waals surface area contributed by atoms with Gasteiger partial charge in [-0.2, -0.15) is 0 Å². The van der Waals surface area contributed by atoms with E-state index in [0.717, 1.165) is 0 Å². The highest BCUT2D eigenvalue weighted by atomic mass is 35.5. The zero-order chi connectivity index (χ0) is 13.3. The average Bonchev–Trinajstić information content (AvgIpc) is 2.84. The third-order valence-corrected chi connectivity index (χ3v) is 2.82. The molecule has 0 bridgehead atoms. The van der Waals surface area contributed by atoms with Gasteiger partial charge < -0.3 is 19.3 Å². The van der Waals surface area contributed by atoms with Crippen LogP contribution in [-0.4, -0.2) is 25.0 Å². The van der Waals surface area contributed by atoms with Gasteiger partial charge in [-0.1, -0.05) is 18.2 Å². The molecule has 96 valence electrons. The minimum atomic E-state index is -1.20. The van der Waals surface area contributed by atoms with Crippen LogP contribution >= 0.6 is 11.6 Å². The van der Waals surface area contributed by atoms with Crippen molar-refractivity contribution in [2.75, 3.05) is 13.9 Å². The molecule has 2 rings (SSSR count). The summed E-state index contributed by atoms with van der Waals surface area (Å²) < 4.78 is 14.8. The smallest absolute Gasteiger partial charge is 0.336 e. The number of fused-ring (bicyclic) bond motifs is 1. The summed E-state index contributed by atoms with van der Waals surface area (Å²) in [5.41, 5.74) is 0.312. The Labute approximate surface area is 109 Å². The molecule has 0 amide bonds. The van der Waals surface area contributed by atoms with E-state index in [4.69, 9.17) is 21.1 Å². The highest BCUT2D eigenvalue weighted by molar-refractivity contribution is 6.32. The second-order valence-electron chi connectivity index (χ2n) is 3.66. The number of hydrogen-bond acceptors (Lipinski definition) is 5. The van der Waals surface area contributed by atoms with Crippen LogP contribution in [0.25, 0.3) is 0 Å². The maximum absolute atomic E-state index is 11.3. The molecule has 6 heteroatoms. The molecule has 0 saturated carbocycles. The van der Waals surface area contributed by atoms with Crippen molar-refractivity contribution in [3.05, 3.63) is 34.9 Å². The van der Waals surface area contributed by atoms with E-state index in [1.807, 2.05) is 0 Å². The van der Waals surface area contributed by atoms with Gasteiger partial charge in [0.2, 0.25) is 6.79 Å².